The second-order valence-corrected chi connectivity index (χ2v) is 5.28. The van der Waals surface area contributed by atoms with Gasteiger partial charge >= 0.3 is 0 Å². The van der Waals surface area contributed by atoms with Gasteiger partial charge in [0, 0.05) is 26.2 Å². The van der Waals surface area contributed by atoms with Gasteiger partial charge < -0.3 is 4.90 Å². The van der Waals surface area contributed by atoms with Gasteiger partial charge in [0.05, 0.1) is 4.90 Å². The van der Waals surface area contributed by atoms with E-state index >= 15 is 0 Å². The normalized spacial score (nSPS) is 21.4. The molecule has 1 aromatic carbocycles. The van der Waals surface area contributed by atoms with Gasteiger partial charge in [0.15, 0.2) is 0 Å². The molecule has 0 amide bonds. The van der Waals surface area contributed by atoms with Gasteiger partial charge in [0.2, 0.25) is 0 Å². The van der Waals surface area contributed by atoms with E-state index in [2.05, 4.69) is 11.9 Å². The fraction of sp³-hybridized carbons (Fsp3) is 0.455. The maximum absolute atomic E-state index is 12.1. The third kappa shape index (κ3) is 2.65. The molecule has 15 heavy (non-hydrogen) atoms. The Kier molecular flexibility index (Phi) is 3.51. The van der Waals surface area contributed by atoms with Crippen LogP contribution in [0.3, 0.4) is 0 Å². The SMILES string of the molecule is CN1CCN(S(=O)c2ccccc2)CC1. The van der Waals surface area contributed by atoms with Crippen molar-refractivity contribution in [3.63, 3.8) is 0 Å². The molecule has 0 aromatic heterocycles. The molecule has 82 valence electrons. The van der Waals surface area contributed by atoms with Gasteiger partial charge in [-0.3, -0.25) is 0 Å². The van der Waals surface area contributed by atoms with E-state index in [0.717, 1.165) is 31.1 Å². The Bertz CT molecular complexity index is 334. The van der Waals surface area contributed by atoms with Crippen LogP contribution in [0.1, 0.15) is 0 Å². The van der Waals surface area contributed by atoms with Crippen LogP contribution < -0.4 is 0 Å². The van der Waals surface area contributed by atoms with Crippen molar-refractivity contribution in [2.75, 3.05) is 33.2 Å². The zero-order chi connectivity index (χ0) is 10.7. The molecule has 1 heterocycles. The summed E-state index contributed by atoms with van der Waals surface area (Å²) in [7, 11) is 1.12. The Labute approximate surface area is 93.3 Å². The molecule has 1 unspecified atom stereocenters. The van der Waals surface area contributed by atoms with E-state index in [1.807, 2.05) is 34.6 Å². The van der Waals surface area contributed by atoms with E-state index in [4.69, 9.17) is 0 Å². The summed E-state index contributed by atoms with van der Waals surface area (Å²) in [5.74, 6) is 0. The Balaban J connectivity index is 2.03. The number of rotatable bonds is 2. The monoisotopic (exact) mass is 224 g/mol. The predicted octanol–water partition coefficient (Wildman–Crippen LogP) is 0.957. The van der Waals surface area contributed by atoms with Crippen LogP contribution >= 0.6 is 0 Å². The summed E-state index contributed by atoms with van der Waals surface area (Å²) in [4.78, 5) is 3.17. The van der Waals surface area contributed by atoms with Crippen LogP contribution in [-0.4, -0.2) is 46.6 Å². The van der Waals surface area contributed by atoms with Crippen LogP contribution in [0.2, 0.25) is 0 Å². The second-order valence-electron chi connectivity index (χ2n) is 3.79. The topological polar surface area (TPSA) is 23.6 Å². The van der Waals surface area contributed by atoms with Gasteiger partial charge in [-0.1, -0.05) is 18.2 Å². The van der Waals surface area contributed by atoms with E-state index in [1.165, 1.54) is 0 Å². The number of benzene rings is 1. The largest absolute Gasteiger partial charge is 0.304 e. The molecule has 0 saturated carbocycles. The molecule has 0 bridgehead atoms. The molecule has 4 heteroatoms. The molecule has 1 atom stereocenters. The first-order valence-electron chi connectivity index (χ1n) is 5.18. The molecule has 0 spiro atoms. The fourth-order valence-electron chi connectivity index (χ4n) is 1.64. The first-order valence-corrected chi connectivity index (χ1v) is 6.28. The number of likely N-dealkylation sites (N-methyl/N-ethyl adjacent to an activating group) is 1. The third-order valence-corrected chi connectivity index (χ3v) is 4.15. The molecule has 1 saturated heterocycles. The lowest BCUT2D eigenvalue weighted by molar-refractivity contribution is 0.228. The van der Waals surface area contributed by atoms with Crippen molar-refractivity contribution in [1.29, 1.82) is 0 Å². The van der Waals surface area contributed by atoms with Crippen molar-refractivity contribution < 1.29 is 4.21 Å². The Morgan fingerprint density at radius 3 is 2.27 bits per heavy atom. The maximum Gasteiger partial charge on any atom is 0.127 e. The second kappa shape index (κ2) is 4.88. The van der Waals surface area contributed by atoms with Crippen LogP contribution in [0.5, 0.6) is 0 Å². The highest BCUT2D eigenvalue weighted by Gasteiger charge is 2.19. The van der Waals surface area contributed by atoms with Crippen molar-refractivity contribution in [2.24, 2.45) is 0 Å². The summed E-state index contributed by atoms with van der Waals surface area (Å²) in [6.45, 7) is 3.77. The highest BCUT2D eigenvalue weighted by Crippen LogP contribution is 2.12. The van der Waals surface area contributed by atoms with E-state index in [9.17, 15) is 4.21 Å². The zero-order valence-electron chi connectivity index (χ0n) is 8.93. The van der Waals surface area contributed by atoms with Gasteiger partial charge in [0.25, 0.3) is 0 Å². The van der Waals surface area contributed by atoms with Crippen molar-refractivity contribution in [3.05, 3.63) is 30.3 Å². The molecular weight excluding hydrogens is 208 g/mol. The molecule has 2 rings (SSSR count). The lowest BCUT2D eigenvalue weighted by Crippen LogP contribution is -2.45. The fourth-order valence-corrected chi connectivity index (χ4v) is 2.82. The Morgan fingerprint density at radius 2 is 1.67 bits per heavy atom. The minimum absolute atomic E-state index is 0.887. The Morgan fingerprint density at radius 1 is 1.07 bits per heavy atom. The highest BCUT2D eigenvalue weighted by atomic mass is 32.2. The summed E-state index contributed by atoms with van der Waals surface area (Å²) in [5.41, 5.74) is 0. The molecule has 1 aromatic rings. The summed E-state index contributed by atoms with van der Waals surface area (Å²) in [6, 6.07) is 9.67. The van der Waals surface area contributed by atoms with Gasteiger partial charge in [0.1, 0.15) is 11.0 Å². The standard InChI is InChI=1S/C11H16N2OS/c1-12-7-9-13(10-8-12)15(14)11-5-3-2-4-6-11/h2-6H,7-10H2,1H3. The highest BCUT2D eigenvalue weighted by molar-refractivity contribution is 7.82. The summed E-state index contributed by atoms with van der Waals surface area (Å²) in [6.07, 6.45) is 0. The number of piperazine rings is 1. The molecular formula is C11H16N2OS. The molecule has 1 aliphatic heterocycles. The molecule has 0 aliphatic carbocycles. The summed E-state index contributed by atoms with van der Waals surface area (Å²) >= 11 is 0. The Hall–Kier alpha value is -0.710. The van der Waals surface area contributed by atoms with Crippen LogP contribution in [0.4, 0.5) is 0 Å². The molecule has 0 radical (unpaired) electrons. The number of nitrogens with zero attached hydrogens (tertiary/aromatic N) is 2. The van der Waals surface area contributed by atoms with Crippen LogP contribution in [-0.2, 0) is 11.0 Å². The quantitative estimate of drug-likeness (QED) is 0.747. The lowest BCUT2D eigenvalue weighted by Gasteiger charge is -2.31. The van der Waals surface area contributed by atoms with Crippen molar-refractivity contribution in [2.45, 2.75) is 4.90 Å². The van der Waals surface area contributed by atoms with E-state index in [1.54, 1.807) is 0 Å². The van der Waals surface area contributed by atoms with Crippen LogP contribution in [0, 0.1) is 0 Å². The van der Waals surface area contributed by atoms with Gasteiger partial charge in [-0.05, 0) is 19.2 Å². The van der Waals surface area contributed by atoms with Gasteiger partial charge in [-0.15, -0.1) is 0 Å². The summed E-state index contributed by atoms with van der Waals surface area (Å²) in [5, 5.41) is 0. The smallest absolute Gasteiger partial charge is 0.127 e. The summed E-state index contributed by atoms with van der Waals surface area (Å²) < 4.78 is 14.2. The van der Waals surface area contributed by atoms with Crippen molar-refractivity contribution in [3.8, 4) is 0 Å². The minimum Gasteiger partial charge on any atom is -0.304 e. The average Bonchev–Trinajstić information content (AvgIpc) is 2.30. The van der Waals surface area contributed by atoms with Crippen LogP contribution in [0.15, 0.2) is 35.2 Å². The molecule has 1 fully saturated rings. The first kappa shape index (κ1) is 10.8. The van der Waals surface area contributed by atoms with E-state index < -0.39 is 11.0 Å². The third-order valence-electron chi connectivity index (χ3n) is 2.64. The van der Waals surface area contributed by atoms with Crippen LogP contribution in [0.25, 0.3) is 0 Å². The molecule has 3 nitrogen and oxygen atoms in total. The number of hydrogen-bond donors (Lipinski definition) is 0. The van der Waals surface area contributed by atoms with E-state index in [-0.39, 0.29) is 0 Å². The van der Waals surface area contributed by atoms with Gasteiger partial charge in [-0.25, -0.2) is 8.51 Å². The van der Waals surface area contributed by atoms with E-state index in [0.29, 0.717) is 0 Å². The maximum atomic E-state index is 12.1. The molecule has 0 N–H and O–H groups in total. The number of hydrogen-bond acceptors (Lipinski definition) is 2. The van der Waals surface area contributed by atoms with Crippen molar-refractivity contribution >= 4 is 11.0 Å². The zero-order valence-corrected chi connectivity index (χ0v) is 9.74. The van der Waals surface area contributed by atoms with Gasteiger partial charge in [-0.2, -0.15) is 0 Å². The van der Waals surface area contributed by atoms with Crippen molar-refractivity contribution in [1.82, 2.24) is 9.21 Å². The predicted molar refractivity (Wildman–Crippen MR) is 61.9 cm³/mol. The first-order chi connectivity index (χ1) is 7.27. The lowest BCUT2D eigenvalue weighted by atomic mass is 10.4. The average molecular weight is 224 g/mol. The molecule has 1 aliphatic rings. The minimum atomic E-state index is -0.978.